The maximum Gasteiger partial charge on any atom is 0.335 e. The molecule has 1 aromatic rings. The molecule has 1 saturated heterocycles. The molecule has 2 aliphatic rings. The average Bonchev–Trinajstić information content (AvgIpc) is 2.54. The molecule has 3 rings (SSSR count). The summed E-state index contributed by atoms with van der Waals surface area (Å²) in [5, 5.41) is 21.5. The maximum absolute atomic E-state index is 11.3. The molecule has 1 aliphatic heterocycles. The van der Waals surface area contributed by atoms with Crippen LogP contribution in [-0.2, 0) is 4.79 Å². The molecule has 5 atom stereocenters. The van der Waals surface area contributed by atoms with Gasteiger partial charge in [0.1, 0.15) is 6.04 Å². The number of carbonyl (C=O) groups is 2. The summed E-state index contributed by atoms with van der Waals surface area (Å²) in [6.45, 7) is 2.09. The molecule has 3 N–H and O–H groups in total. The highest BCUT2D eigenvalue weighted by atomic mass is 16.4. The van der Waals surface area contributed by atoms with E-state index in [2.05, 4.69) is 12.2 Å². The summed E-state index contributed by atoms with van der Waals surface area (Å²) >= 11 is 0. The fourth-order valence-corrected chi connectivity index (χ4v) is 4.40. The minimum atomic E-state index is -0.906. The van der Waals surface area contributed by atoms with Gasteiger partial charge in [0.25, 0.3) is 0 Å². The third-order valence-corrected chi connectivity index (χ3v) is 5.61. The molecule has 0 radical (unpaired) electrons. The first-order valence-corrected chi connectivity index (χ1v) is 8.28. The normalized spacial score (nSPS) is 33.7. The largest absolute Gasteiger partial charge is 0.480 e. The van der Waals surface area contributed by atoms with Gasteiger partial charge in [0.15, 0.2) is 0 Å². The van der Waals surface area contributed by atoms with Crippen LogP contribution in [0.2, 0.25) is 0 Å². The number of aliphatic carboxylic acids is 1. The van der Waals surface area contributed by atoms with Gasteiger partial charge in [0, 0.05) is 6.04 Å². The lowest BCUT2D eigenvalue weighted by Crippen LogP contribution is -2.54. The van der Waals surface area contributed by atoms with Crippen molar-refractivity contribution < 1.29 is 19.8 Å². The van der Waals surface area contributed by atoms with Crippen molar-refractivity contribution in [1.82, 2.24) is 5.32 Å². The molecule has 1 saturated carbocycles. The van der Waals surface area contributed by atoms with E-state index in [0.29, 0.717) is 29.7 Å². The Morgan fingerprint density at radius 3 is 2.39 bits per heavy atom. The van der Waals surface area contributed by atoms with E-state index in [1.54, 1.807) is 12.1 Å². The van der Waals surface area contributed by atoms with Crippen LogP contribution >= 0.6 is 0 Å². The third-order valence-electron chi connectivity index (χ3n) is 5.61. The molecular weight excluding hydrogens is 294 g/mol. The fraction of sp³-hybridized carbons (Fsp3) is 0.556. The van der Waals surface area contributed by atoms with Crippen molar-refractivity contribution in [3.63, 3.8) is 0 Å². The number of carboxylic acids is 2. The van der Waals surface area contributed by atoms with Crippen molar-refractivity contribution in [2.45, 2.75) is 50.6 Å². The lowest BCUT2D eigenvalue weighted by Gasteiger charge is -2.45. The second-order valence-electron chi connectivity index (χ2n) is 6.94. The van der Waals surface area contributed by atoms with Crippen LogP contribution in [0.5, 0.6) is 0 Å². The highest BCUT2D eigenvalue weighted by molar-refractivity contribution is 5.87. The van der Waals surface area contributed by atoms with Gasteiger partial charge in [0.2, 0.25) is 0 Å². The zero-order chi connectivity index (χ0) is 16.6. The predicted octanol–water partition coefficient (Wildman–Crippen LogP) is 2.72. The fourth-order valence-electron chi connectivity index (χ4n) is 4.40. The molecule has 0 aromatic heterocycles. The molecule has 5 heteroatoms. The summed E-state index contributed by atoms with van der Waals surface area (Å²) in [5.74, 6) is -0.302. The maximum atomic E-state index is 11.3. The molecule has 1 aliphatic carbocycles. The van der Waals surface area contributed by atoms with Gasteiger partial charge in [-0.25, -0.2) is 4.79 Å². The van der Waals surface area contributed by atoms with Crippen molar-refractivity contribution in [2.75, 3.05) is 0 Å². The Kier molecular flexibility index (Phi) is 4.39. The van der Waals surface area contributed by atoms with E-state index in [0.717, 1.165) is 19.3 Å². The zero-order valence-electron chi connectivity index (χ0n) is 13.2. The van der Waals surface area contributed by atoms with E-state index in [1.165, 1.54) is 5.56 Å². The van der Waals surface area contributed by atoms with Crippen LogP contribution in [0.3, 0.4) is 0 Å². The van der Waals surface area contributed by atoms with E-state index in [-0.39, 0.29) is 6.04 Å². The standard InChI is InChI=1S/C18H23NO4/c1-10-15-7-6-13(8-14(15)9-16(19-10)18(22)23)11-2-4-12(5-3-11)17(20)21/h2-5,10,13-16,19H,6-9H2,1H3,(H,20,21)(H,22,23)/t10?,13-,14+,15-,16-/m0/s1. The summed E-state index contributed by atoms with van der Waals surface area (Å²) < 4.78 is 0. The summed E-state index contributed by atoms with van der Waals surface area (Å²) in [6.07, 6.45) is 3.86. The Balaban J connectivity index is 1.72. The van der Waals surface area contributed by atoms with Gasteiger partial charge >= 0.3 is 11.9 Å². The van der Waals surface area contributed by atoms with Crippen molar-refractivity contribution in [3.8, 4) is 0 Å². The van der Waals surface area contributed by atoms with Gasteiger partial charge in [-0.1, -0.05) is 12.1 Å². The number of hydrogen-bond acceptors (Lipinski definition) is 3. The minimum absolute atomic E-state index is 0.241. The van der Waals surface area contributed by atoms with Crippen LogP contribution in [-0.4, -0.2) is 34.2 Å². The number of aromatic carboxylic acids is 1. The van der Waals surface area contributed by atoms with Crippen molar-refractivity contribution in [1.29, 1.82) is 0 Å². The van der Waals surface area contributed by atoms with E-state index >= 15 is 0 Å². The molecule has 23 heavy (non-hydrogen) atoms. The van der Waals surface area contributed by atoms with Gasteiger partial charge in [-0.05, 0) is 68.1 Å². The van der Waals surface area contributed by atoms with E-state index in [4.69, 9.17) is 5.11 Å². The number of fused-ring (bicyclic) bond motifs is 1. The lowest BCUT2D eigenvalue weighted by molar-refractivity contribution is -0.141. The van der Waals surface area contributed by atoms with Gasteiger partial charge in [-0.2, -0.15) is 0 Å². The highest BCUT2D eigenvalue weighted by Gasteiger charge is 2.41. The van der Waals surface area contributed by atoms with Crippen LogP contribution in [0.15, 0.2) is 24.3 Å². The van der Waals surface area contributed by atoms with Crippen LogP contribution in [0.4, 0.5) is 0 Å². The Bertz CT molecular complexity index is 598. The monoisotopic (exact) mass is 317 g/mol. The Morgan fingerprint density at radius 2 is 1.78 bits per heavy atom. The number of benzene rings is 1. The Morgan fingerprint density at radius 1 is 1.09 bits per heavy atom. The number of carboxylic acid groups (broad SMARTS) is 2. The quantitative estimate of drug-likeness (QED) is 0.798. The van der Waals surface area contributed by atoms with Crippen LogP contribution in [0, 0.1) is 11.8 Å². The topological polar surface area (TPSA) is 86.6 Å². The molecule has 1 aromatic carbocycles. The second-order valence-corrected chi connectivity index (χ2v) is 6.94. The smallest absolute Gasteiger partial charge is 0.335 e. The third kappa shape index (κ3) is 3.24. The summed E-state index contributed by atoms with van der Waals surface area (Å²) in [6, 6.07) is 6.94. The summed E-state index contributed by atoms with van der Waals surface area (Å²) in [4.78, 5) is 22.3. The summed E-state index contributed by atoms with van der Waals surface area (Å²) in [7, 11) is 0. The first-order valence-electron chi connectivity index (χ1n) is 8.28. The minimum Gasteiger partial charge on any atom is -0.480 e. The summed E-state index contributed by atoms with van der Waals surface area (Å²) in [5.41, 5.74) is 1.48. The van der Waals surface area contributed by atoms with Crippen molar-refractivity contribution in [2.24, 2.45) is 11.8 Å². The van der Waals surface area contributed by atoms with Crippen molar-refractivity contribution in [3.05, 3.63) is 35.4 Å². The number of rotatable bonds is 3. The average molecular weight is 317 g/mol. The second kappa shape index (κ2) is 6.32. The number of nitrogens with one attached hydrogen (secondary N) is 1. The lowest BCUT2D eigenvalue weighted by atomic mass is 9.65. The first-order chi connectivity index (χ1) is 11.0. The molecule has 124 valence electrons. The molecule has 5 nitrogen and oxygen atoms in total. The van der Waals surface area contributed by atoms with Gasteiger partial charge in [0.05, 0.1) is 5.56 Å². The molecule has 0 amide bonds. The van der Waals surface area contributed by atoms with Gasteiger partial charge in [-0.3, -0.25) is 4.79 Å². The number of piperidine rings is 1. The molecule has 1 heterocycles. The molecule has 2 fully saturated rings. The Labute approximate surface area is 135 Å². The predicted molar refractivity (Wildman–Crippen MR) is 85.6 cm³/mol. The number of hydrogen-bond donors (Lipinski definition) is 3. The molecular formula is C18H23NO4. The molecule has 0 bridgehead atoms. The van der Waals surface area contributed by atoms with Crippen LogP contribution < -0.4 is 5.32 Å². The first kappa shape index (κ1) is 16.0. The zero-order valence-corrected chi connectivity index (χ0v) is 13.2. The molecule has 0 spiro atoms. The Hall–Kier alpha value is -1.88. The van der Waals surface area contributed by atoms with Crippen LogP contribution in [0.1, 0.15) is 54.4 Å². The van der Waals surface area contributed by atoms with Gasteiger partial charge in [-0.15, -0.1) is 0 Å². The van der Waals surface area contributed by atoms with E-state index in [1.807, 2.05) is 12.1 Å². The highest BCUT2D eigenvalue weighted by Crippen LogP contribution is 2.44. The molecule has 1 unspecified atom stereocenters. The van der Waals surface area contributed by atoms with Crippen LogP contribution in [0.25, 0.3) is 0 Å². The van der Waals surface area contributed by atoms with Gasteiger partial charge < -0.3 is 15.5 Å². The SMILES string of the molecule is CC1N[C@H](C(=O)O)C[C@H]2C[C@@H](c3ccc(C(=O)O)cc3)CC[C@@H]12. The van der Waals surface area contributed by atoms with E-state index < -0.39 is 18.0 Å². The van der Waals surface area contributed by atoms with Crippen molar-refractivity contribution >= 4 is 11.9 Å². The van der Waals surface area contributed by atoms with E-state index in [9.17, 15) is 14.7 Å².